The maximum absolute atomic E-state index is 13.1. The van der Waals surface area contributed by atoms with Crippen LogP contribution in [0.2, 0.25) is 0 Å². The van der Waals surface area contributed by atoms with Crippen LogP contribution in [0.25, 0.3) is 0 Å². The van der Waals surface area contributed by atoms with Gasteiger partial charge in [-0.3, -0.25) is 19.1 Å². The van der Waals surface area contributed by atoms with Crippen molar-refractivity contribution in [3.63, 3.8) is 0 Å². The second kappa shape index (κ2) is 10.2. The third kappa shape index (κ3) is 5.21. The van der Waals surface area contributed by atoms with Crippen molar-refractivity contribution in [2.75, 3.05) is 32.7 Å². The fourth-order valence-electron chi connectivity index (χ4n) is 5.85. The Bertz CT molecular complexity index is 1010. The molecule has 0 unspecified atom stereocenters. The summed E-state index contributed by atoms with van der Waals surface area (Å²) in [4.78, 5) is 35.0. The first kappa shape index (κ1) is 22.3. The van der Waals surface area contributed by atoms with Gasteiger partial charge >= 0.3 is 0 Å². The molecule has 6 heteroatoms. The van der Waals surface area contributed by atoms with Gasteiger partial charge in [-0.25, -0.2) is 4.98 Å². The van der Waals surface area contributed by atoms with Crippen LogP contribution in [0.5, 0.6) is 0 Å². The number of rotatable bonds is 4. The number of hydrogen-bond acceptors (Lipinski definition) is 4. The Balaban J connectivity index is 1.16. The van der Waals surface area contributed by atoms with E-state index in [-0.39, 0.29) is 17.4 Å². The summed E-state index contributed by atoms with van der Waals surface area (Å²) in [6.07, 6.45) is 8.40. The van der Waals surface area contributed by atoms with Crippen molar-refractivity contribution in [3.8, 4) is 0 Å². The van der Waals surface area contributed by atoms with Crippen molar-refractivity contribution in [2.45, 2.75) is 69.7 Å². The van der Waals surface area contributed by atoms with Gasteiger partial charge in [0.2, 0.25) is 5.91 Å². The van der Waals surface area contributed by atoms with Crippen LogP contribution in [0.3, 0.4) is 0 Å². The van der Waals surface area contributed by atoms with Crippen molar-refractivity contribution in [1.29, 1.82) is 0 Å². The van der Waals surface area contributed by atoms with Crippen LogP contribution in [-0.2, 0) is 17.8 Å². The lowest BCUT2D eigenvalue weighted by molar-refractivity contribution is -0.133. The van der Waals surface area contributed by atoms with Gasteiger partial charge in [-0.15, -0.1) is 0 Å². The SMILES string of the molecule is O=C(CN1CCC[C@H](c2ccccc2)C1)N1CCC(c2cc(=O)n3c(n2)CCCCC3)CC1. The summed E-state index contributed by atoms with van der Waals surface area (Å²) < 4.78 is 1.87. The van der Waals surface area contributed by atoms with Gasteiger partial charge in [0, 0.05) is 44.6 Å². The maximum Gasteiger partial charge on any atom is 0.253 e. The molecule has 6 nitrogen and oxygen atoms in total. The lowest BCUT2D eigenvalue weighted by Gasteiger charge is -2.36. The molecule has 2 aromatic rings. The Morgan fingerprint density at radius 2 is 1.73 bits per heavy atom. The molecule has 33 heavy (non-hydrogen) atoms. The number of fused-ring (bicyclic) bond motifs is 1. The number of hydrogen-bond donors (Lipinski definition) is 0. The quantitative estimate of drug-likeness (QED) is 0.718. The number of carbonyl (C=O) groups excluding carboxylic acids is 1. The van der Waals surface area contributed by atoms with E-state index in [9.17, 15) is 9.59 Å². The van der Waals surface area contributed by atoms with Gasteiger partial charge in [0.1, 0.15) is 5.82 Å². The monoisotopic (exact) mass is 448 g/mol. The van der Waals surface area contributed by atoms with E-state index in [1.165, 1.54) is 18.4 Å². The number of nitrogens with zero attached hydrogens (tertiary/aromatic N) is 4. The molecule has 1 amide bonds. The molecule has 0 saturated carbocycles. The third-order valence-electron chi connectivity index (χ3n) is 7.79. The Labute approximate surface area is 196 Å². The number of aryl methyl sites for hydroxylation is 1. The first-order valence-corrected chi connectivity index (χ1v) is 12.8. The smallest absolute Gasteiger partial charge is 0.253 e. The highest BCUT2D eigenvalue weighted by Gasteiger charge is 2.28. The molecular formula is C27H36N4O2. The number of benzene rings is 1. The fraction of sp³-hybridized carbons (Fsp3) is 0.593. The molecule has 176 valence electrons. The lowest BCUT2D eigenvalue weighted by atomic mass is 9.90. The van der Waals surface area contributed by atoms with Crippen molar-refractivity contribution in [1.82, 2.24) is 19.4 Å². The largest absolute Gasteiger partial charge is 0.342 e. The van der Waals surface area contributed by atoms with Gasteiger partial charge in [-0.1, -0.05) is 36.8 Å². The lowest BCUT2D eigenvalue weighted by Crippen LogP contribution is -2.46. The molecule has 0 spiro atoms. The van der Waals surface area contributed by atoms with Gasteiger partial charge in [0.25, 0.3) is 5.56 Å². The summed E-state index contributed by atoms with van der Waals surface area (Å²) in [5, 5.41) is 0. The molecule has 0 radical (unpaired) electrons. The molecule has 3 aliphatic rings. The van der Waals surface area contributed by atoms with Gasteiger partial charge < -0.3 is 4.90 Å². The zero-order valence-corrected chi connectivity index (χ0v) is 19.6. The van der Waals surface area contributed by atoms with Crippen LogP contribution in [0.4, 0.5) is 0 Å². The molecule has 1 atom stereocenters. The Morgan fingerprint density at radius 3 is 2.55 bits per heavy atom. The van der Waals surface area contributed by atoms with E-state index in [0.29, 0.717) is 12.5 Å². The molecule has 0 bridgehead atoms. The van der Waals surface area contributed by atoms with Gasteiger partial charge in [-0.05, 0) is 56.6 Å². The van der Waals surface area contributed by atoms with Crippen molar-refractivity contribution < 1.29 is 4.79 Å². The summed E-state index contributed by atoms with van der Waals surface area (Å²) in [7, 11) is 0. The number of amides is 1. The van der Waals surface area contributed by atoms with E-state index in [1.54, 1.807) is 6.07 Å². The first-order valence-electron chi connectivity index (χ1n) is 12.8. The average Bonchev–Trinajstić information content (AvgIpc) is 3.11. The molecule has 0 aliphatic carbocycles. The second-order valence-corrected chi connectivity index (χ2v) is 10.0. The Kier molecular flexibility index (Phi) is 6.91. The van der Waals surface area contributed by atoms with Gasteiger partial charge in [0.05, 0.1) is 12.2 Å². The minimum absolute atomic E-state index is 0.105. The van der Waals surface area contributed by atoms with E-state index in [1.807, 2.05) is 9.47 Å². The van der Waals surface area contributed by atoms with Crippen LogP contribution < -0.4 is 5.56 Å². The topological polar surface area (TPSA) is 58.4 Å². The Hall–Kier alpha value is -2.47. The predicted octanol–water partition coefficient (Wildman–Crippen LogP) is 3.56. The summed E-state index contributed by atoms with van der Waals surface area (Å²) in [6.45, 7) is 4.82. The van der Waals surface area contributed by atoms with Gasteiger partial charge in [0.15, 0.2) is 0 Å². The molecule has 2 saturated heterocycles. The van der Waals surface area contributed by atoms with Crippen LogP contribution in [-0.4, -0.2) is 58.0 Å². The normalized spacial score (nSPS) is 22.5. The molecular weight excluding hydrogens is 412 g/mol. The molecule has 5 rings (SSSR count). The minimum Gasteiger partial charge on any atom is -0.342 e. The molecule has 3 aliphatic heterocycles. The zero-order valence-electron chi connectivity index (χ0n) is 19.6. The van der Waals surface area contributed by atoms with E-state index in [2.05, 4.69) is 35.2 Å². The highest BCUT2D eigenvalue weighted by atomic mass is 16.2. The predicted molar refractivity (Wildman–Crippen MR) is 129 cm³/mol. The number of aromatic nitrogens is 2. The molecule has 1 aromatic heterocycles. The van der Waals surface area contributed by atoms with E-state index < -0.39 is 0 Å². The van der Waals surface area contributed by atoms with Crippen molar-refractivity contribution >= 4 is 5.91 Å². The second-order valence-electron chi connectivity index (χ2n) is 10.0. The Morgan fingerprint density at radius 1 is 0.909 bits per heavy atom. The number of piperidine rings is 2. The highest BCUT2D eigenvalue weighted by Crippen LogP contribution is 2.29. The number of carbonyl (C=O) groups is 1. The average molecular weight is 449 g/mol. The summed E-state index contributed by atoms with van der Waals surface area (Å²) >= 11 is 0. The van der Waals surface area contributed by atoms with Crippen LogP contribution >= 0.6 is 0 Å². The molecule has 1 aromatic carbocycles. The molecule has 2 fully saturated rings. The van der Waals surface area contributed by atoms with Gasteiger partial charge in [-0.2, -0.15) is 0 Å². The van der Waals surface area contributed by atoms with Crippen LogP contribution in [0.1, 0.15) is 73.9 Å². The molecule has 0 N–H and O–H groups in total. The maximum atomic E-state index is 13.1. The van der Waals surface area contributed by atoms with Crippen LogP contribution in [0, 0.1) is 0 Å². The fourth-order valence-corrected chi connectivity index (χ4v) is 5.85. The van der Waals surface area contributed by atoms with Crippen molar-refractivity contribution in [3.05, 3.63) is 63.8 Å². The summed E-state index contributed by atoms with van der Waals surface area (Å²) in [5.74, 6) is 2.02. The van der Waals surface area contributed by atoms with Crippen LogP contribution in [0.15, 0.2) is 41.2 Å². The number of likely N-dealkylation sites (tertiary alicyclic amines) is 2. The molecule has 4 heterocycles. The summed E-state index contributed by atoms with van der Waals surface area (Å²) in [6, 6.07) is 12.5. The van der Waals surface area contributed by atoms with E-state index >= 15 is 0 Å². The standard InChI is InChI=1S/C27H36N4O2/c32-26-18-24(28-25-11-5-2-6-15-31(25)26)22-12-16-30(17-13-22)27(33)20-29-14-7-10-23(19-29)21-8-3-1-4-9-21/h1,3-4,8-9,18,22-23H,2,5-7,10-17,19-20H2/t23-/m0/s1. The van der Waals surface area contributed by atoms with E-state index in [0.717, 1.165) is 82.8 Å². The highest BCUT2D eigenvalue weighted by molar-refractivity contribution is 5.78. The van der Waals surface area contributed by atoms with Crippen molar-refractivity contribution in [2.24, 2.45) is 0 Å². The summed E-state index contributed by atoms with van der Waals surface area (Å²) in [5.41, 5.74) is 2.44. The first-order chi connectivity index (χ1) is 16.2. The zero-order chi connectivity index (χ0) is 22.6. The third-order valence-corrected chi connectivity index (χ3v) is 7.79. The van der Waals surface area contributed by atoms with E-state index in [4.69, 9.17) is 4.98 Å². The minimum atomic E-state index is 0.105.